The van der Waals surface area contributed by atoms with Crippen molar-refractivity contribution in [3.05, 3.63) is 64.3 Å². The second-order valence-electron chi connectivity index (χ2n) is 7.60. The predicted molar refractivity (Wildman–Crippen MR) is 119 cm³/mol. The number of hydrogen-bond acceptors (Lipinski definition) is 6. The summed E-state index contributed by atoms with van der Waals surface area (Å²) in [5, 5.41) is 6.95. The molecule has 2 aromatic heterocycles. The molecule has 1 aromatic carbocycles. The minimum Gasteiger partial charge on any atom is -0.381 e. The molecule has 8 nitrogen and oxygen atoms in total. The van der Waals surface area contributed by atoms with Gasteiger partial charge < -0.3 is 15.4 Å². The zero-order valence-electron chi connectivity index (χ0n) is 17.6. The minimum absolute atomic E-state index is 0.259. The molecular formula is C22H25ClN6O2. The fraction of sp³-hybridized carbons (Fsp3) is 0.364. The topological polar surface area (TPSA) is 94.0 Å². The van der Waals surface area contributed by atoms with Crippen LogP contribution in [0.3, 0.4) is 0 Å². The van der Waals surface area contributed by atoms with Crippen LogP contribution in [-0.2, 0) is 11.3 Å². The summed E-state index contributed by atoms with van der Waals surface area (Å²) in [5.74, 6) is 0.982. The third kappa shape index (κ3) is 5.03. The largest absolute Gasteiger partial charge is 0.381 e. The highest BCUT2D eigenvalue weighted by molar-refractivity contribution is 6.31. The van der Waals surface area contributed by atoms with E-state index in [1.54, 1.807) is 23.3 Å². The summed E-state index contributed by atoms with van der Waals surface area (Å²) in [4.78, 5) is 25.9. The van der Waals surface area contributed by atoms with Crippen molar-refractivity contribution >= 4 is 23.5 Å². The highest BCUT2D eigenvalue weighted by atomic mass is 35.5. The van der Waals surface area contributed by atoms with Crippen LogP contribution >= 0.6 is 11.6 Å². The first-order valence-corrected chi connectivity index (χ1v) is 10.6. The molecule has 0 unspecified atom stereocenters. The van der Waals surface area contributed by atoms with E-state index in [1.807, 2.05) is 32.0 Å². The van der Waals surface area contributed by atoms with Crippen LogP contribution in [0.5, 0.6) is 0 Å². The van der Waals surface area contributed by atoms with Crippen LogP contribution in [-0.4, -0.2) is 44.7 Å². The molecule has 0 saturated carbocycles. The normalized spacial score (nSPS) is 14.4. The van der Waals surface area contributed by atoms with E-state index in [0.29, 0.717) is 35.1 Å². The Morgan fingerprint density at radius 3 is 2.87 bits per heavy atom. The monoisotopic (exact) mass is 440 g/mol. The molecule has 1 fully saturated rings. The average Bonchev–Trinajstić information content (AvgIpc) is 3.27. The summed E-state index contributed by atoms with van der Waals surface area (Å²) in [7, 11) is 0. The van der Waals surface area contributed by atoms with Gasteiger partial charge in [-0.2, -0.15) is 4.98 Å². The van der Waals surface area contributed by atoms with E-state index in [4.69, 9.17) is 16.3 Å². The molecule has 1 amide bonds. The molecule has 4 rings (SSSR count). The molecule has 1 aliphatic rings. The molecule has 162 valence electrons. The highest BCUT2D eigenvalue weighted by Crippen LogP contribution is 2.19. The molecule has 3 aromatic rings. The van der Waals surface area contributed by atoms with E-state index in [0.717, 1.165) is 42.7 Å². The van der Waals surface area contributed by atoms with Crippen LogP contribution in [0.4, 0.5) is 5.95 Å². The molecule has 1 saturated heterocycles. The molecule has 31 heavy (non-hydrogen) atoms. The van der Waals surface area contributed by atoms with Gasteiger partial charge in [-0.3, -0.25) is 9.36 Å². The van der Waals surface area contributed by atoms with Crippen molar-refractivity contribution in [3.8, 4) is 5.82 Å². The van der Waals surface area contributed by atoms with Crippen molar-refractivity contribution in [2.75, 3.05) is 18.5 Å². The molecular weight excluding hydrogens is 416 g/mol. The number of aromatic nitrogens is 4. The van der Waals surface area contributed by atoms with Crippen molar-refractivity contribution in [1.29, 1.82) is 0 Å². The minimum atomic E-state index is -0.259. The molecule has 0 atom stereocenters. The molecule has 2 N–H and O–H groups in total. The van der Waals surface area contributed by atoms with E-state index in [2.05, 4.69) is 25.6 Å². The first-order valence-electron chi connectivity index (χ1n) is 10.3. The van der Waals surface area contributed by atoms with Crippen LogP contribution in [0.2, 0.25) is 5.02 Å². The Morgan fingerprint density at radius 1 is 1.26 bits per heavy atom. The number of nitrogens with one attached hydrogen (secondary N) is 2. The number of benzene rings is 1. The Morgan fingerprint density at radius 2 is 2.06 bits per heavy atom. The smallest absolute Gasteiger partial charge is 0.271 e. The van der Waals surface area contributed by atoms with Gasteiger partial charge in [0.15, 0.2) is 0 Å². The Balaban J connectivity index is 1.45. The number of nitrogens with zero attached hydrogens (tertiary/aromatic N) is 4. The summed E-state index contributed by atoms with van der Waals surface area (Å²) in [5.41, 5.74) is 3.12. The molecule has 3 heterocycles. The van der Waals surface area contributed by atoms with Crippen LogP contribution in [0.25, 0.3) is 5.82 Å². The van der Waals surface area contributed by atoms with Gasteiger partial charge in [0.05, 0.1) is 0 Å². The van der Waals surface area contributed by atoms with Crippen LogP contribution in [0.1, 0.15) is 40.0 Å². The summed E-state index contributed by atoms with van der Waals surface area (Å²) in [6, 6.07) is 5.94. The van der Waals surface area contributed by atoms with Gasteiger partial charge in [0.25, 0.3) is 5.91 Å². The lowest BCUT2D eigenvalue weighted by Crippen LogP contribution is -2.28. The number of halogens is 1. The third-order valence-electron chi connectivity index (χ3n) is 5.38. The number of rotatable bonds is 6. The van der Waals surface area contributed by atoms with Crippen molar-refractivity contribution in [1.82, 2.24) is 24.8 Å². The Labute approximate surface area is 186 Å². The fourth-order valence-corrected chi connectivity index (χ4v) is 3.65. The predicted octanol–water partition coefficient (Wildman–Crippen LogP) is 3.45. The molecule has 0 radical (unpaired) electrons. The maximum Gasteiger partial charge on any atom is 0.271 e. The number of imidazole rings is 1. The van der Waals surface area contributed by atoms with E-state index in [9.17, 15) is 4.79 Å². The molecule has 1 aliphatic heterocycles. The first-order chi connectivity index (χ1) is 15.0. The Bertz CT molecular complexity index is 1080. The van der Waals surface area contributed by atoms with Gasteiger partial charge in [-0.05, 0) is 43.9 Å². The molecule has 9 heteroatoms. The zero-order valence-corrected chi connectivity index (χ0v) is 18.3. The number of carbonyl (C=O) groups is 1. The van der Waals surface area contributed by atoms with Crippen molar-refractivity contribution < 1.29 is 9.53 Å². The second-order valence-corrected chi connectivity index (χ2v) is 8.01. The lowest BCUT2D eigenvalue weighted by atomic mass is 10.1. The maximum atomic E-state index is 12.6. The van der Waals surface area contributed by atoms with Gasteiger partial charge in [0.1, 0.15) is 17.8 Å². The van der Waals surface area contributed by atoms with Gasteiger partial charge in [-0.1, -0.05) is 23.7 Å². The molecule has 0 bridgehead atoms. The van der Waals surface area contributed by atoms with Gasteiger partial charge >= 0.3 is 0 Å². The molecule has 0 aliphatic carbocycles. The van der Waals surface area contributed by atoms with Gasteiger partial charge in [0, 0.05) is 48.8 Å². The number of carbonyl (C=O) groups excluding carboxylic acids is 1. The van der Waals surface area contributed by atoms with E-state index in [1.165, 1.54) is 0 Å². The van der Waals surface area contributed by atoms with E-state index in [-0.39, 0.29) is 5.91 Å². The fourth-order valence-electron chi connectivity index (χ4n) is 3.45. The van der Waals surface area contributed by atoms with Crippen molar-refractivity contribution in [2.24, 2.45) is 0 Å². The Kier molecular flexibility index (Phi) is 6.48. The first kappa shape index (κ1) is 21.3. The maximum absolute atomic E-state index is 12.6. The number of anilines is 1. The SMILES string of the molecule is Cc1cnc(NC2CCOCC2)nc1-n1cnc(C(=O)NCc2cccc(Cl)c2C)c1. The second kappa shape index (κ2) is 9.45. The number of amides is 1. The van der Waals surface area contributed by atoms with Crippen molar-refractivity contribution in [2.45, 2.75) is 39.3 Å². The number of aryl methyl sites for hydroxylation is 1. The lowest BCUT2D eigenvalue weighted by Gasteiger charge is -2.23. The van der Waals surface area contributed by atoms with Gasteiger partial charge in [-0.25, -0.2) is 9.97 Å². The zero-order chi connectivity index (χ0) is 21.8. The summed E-state index contributed by atoms with van der Waals surface area (Å²) in [6.07, 6.45) is 6.88. The summed E-state index contributed by atoms with van der Waals surface area (Å²) < 4.78 is 7.14. The standard InChI is InChI=1S/C22H25ClN6O2/c1-14-10-25-22(27-17-6-8-31-9-7-17)28-20(14)29-12-19(26-13-29)21(30)24-11-16-4-3-5-18(23)15(16)2/h3-5,10,12-13,17H,6-9,11H2,1-2H3,(H,24,30)(H,25,27,28). The van der Waals surface area contributed by atoms with Gasteiger partial charge in [-0.15, -0.1) is 0 Å². The number of hydrogen-bond donors (Lipinski definition) is 2. The van der Waals surface area contributed by atoms with E-state index < -0.39 is 0 Å². The van der Waals surface area contributed by atoms with E-state index >= 15 is 0 Å². The number of ether oxygens (including phenoxy) is 1. The Hall–Kier alpha value is -2.97. The van der Waals surface area contributed by atoms with Crippen LogP contribution < -0.4 is 10.6 Å². The summed E-state index contributed by atoms with van der Waals surface area (Å²) in [6.45, 7) is 5.72. The van der Waals surface area contributed by atoms with Crippen LogP contribution in [0, 0.1) is 13.8 Å². The quantitative estimate of drug-likeness (QED) is 0.609. The average molecular weight is 441 g/mol. The highest BCUT2D eigenvalue weighted by Gasteiger charge is 2.17. The third-order valence-corrected chi connectivity index (χ3v) is 5.79. The lowest BCUT2D eigenvalue weighted by molar-refractivity contribution is 0.0903. The summed E-state index contributed by atoms with van der Waals surface area (Å²) >= 11 is 6.15. The van der Waals surface area contributed by atoms with Gasteiger partial charge in [0.2, 0.25) is 5.95 Å². The molecule has 0 spiro atoms. The van der Waals surface area contributed by atoms with Crippen molar-refractivity contribution in [3.63, 3.8) is 0 Å². The van der Waals surface area contributed by atoms with Crippen LogP contribution in [0.15, 0.2) is 36.9 Å².